The second-order valence-corrected chi connectivity index (χ2v) is 32.4. The van der Waals surface area contributed by atoms with Crippen LogP contribution < -0.4 is 16.0 Å². The number of hydrogen-bond acceptors (Lipinski definition) is 51. The Morgan fingerprint density at radius 2 is 0.656 bits per heavy atom. The highest BCUT2D eigenvalue weighted by molar-refractivity contribution is 7.81. The smallest absolute Gasteiger partial charge is 0.397 e. The first-order valence-corrected chi connectivity index (χ1v) is 41.0. The molecule has 0 radical (unpaired) electrons. The van der Waals surface area contributed by atoms with Crippen molar-refractivity contribution in [3.8, 4) is 0 Å². The average Bonchev–Trinajstić information content (AvgIpc) is 0.762. The Bertz CT molecular complexity index is 4340. The molecule has 0 aromatic heterocycles. The number of ether oxygens (including phenoxy) is 15. The van der Waals surface area contributed by atoms with Gasteiger partial charge in [0.15, 0.2) is 74.2 Å². The summed E-state index contributed by atoms with van der Waals surface area (Å²) in [6.45, 7) is -4.11. The Kier molecular flexibility index (Phi) is 33.6. The third kappa shape index (κ3) is 25.2. The lowest BCUT2D eigenvalue weighted by Gasteiger charge is -2.50. The maximum Gasteiger partial charge on any atom is 0.397 e. The minimum atomic E-state index is -6.04. The van der Waals surface area contributed by atoms with Crippen molar-refractivity contribution in [3.63, 3.8) is 0 Å². The number of nitrogens with one attached hydrogen (secondary N) is 3. The summed E-state index contributed by atoms with van der Waals surface area (Å²) in [5.74, 6) is -15.8. The maximum absolute atomic E-state index is 13.4. The Morgan fingerprint density at radius 1 is 0.336 bits per heavy atom. The molecule has 7 fully saturated rings. The second-order valence-electron chi connectivity index (χ2n) is 27.0. The van der Waals surface area contributed by atoms with Gasteiger partial charge in [-0.15, -0.1) is 0 Å². The van der Waals surface area contributed by atoms with Crippen molar-refractivity contribution in [2.24, 2.45) is 0 Å². The molecule has 8 aliphatic rings. The van der Waals surface area contributed by atoms with Crippen LogP contribution in [0.5, 0.6) is 0 Å². The summed E-state index contributed by atoms with van der Waals surface area (Å²) < 4.78 is 272. The molecule has 8 aliphatic heterocycles. The van der Waals surface area contributed by atoms with E-state index in [1.54, 1.807) is 0 Å². The molecule has 0 aromatic carbocycles. The van der Waals surface area contributed by atoms with E-state index in [0.717, 1.165) is 13.8 Å². The molecular formula is C54H81N3O60S5. The zero-order chi connectivity index (χ0) is 91.7. The van der Waals surface area contributed by atoms with Gasteiger partial charge in [0.2, 0.25) is 29.8 Å². The number of amides is 3. The Balaban J connectivity index is 1.08. The summed E-state index contributed by atoms with van der Waals surface area (Å²) in [6.07, 6.45) is -96.0. The van der Waals surface area contributed by atoms with Crippen LogP contribution in [0.15, 0.2) is 11.5 Å². The minimum absolute atomic E-state index is 0.654. The predicted octanol–water partition coefficient (Wildman–Crippen LogP) is -17.5. The Hall–Kier alpha value is -6.10. The van der Waals surface area contributed by atoms with Gasteiger partial charge in [0.25, 0.3) is 0 Å². The zero-order valence-corrected chi connectivity index (χ0v) is 65.3. The number of aliphatic hydroxyl groups is 14. The lowest BCUT2D eigenvalue weighted by Crippen LogP contribution is -2.71. The number of carboxylic acid groups (broad SMARTS) is 4. The number of aliphatic carboxylic acids is 4. The standard InChI is InChI=1S/C54H81N3O60S5/c1-8(59)55-15-31(18(62)12(101-47(15)82)5-98-118(83,84)85)107-54-39(117-122(95,96)97)28(72)36(42(115-54)46(80)81)110-53-29(73)37(30(11(4-58)102-53)116-121(92,93)94)111-52-27(71)24(68)35(41(114-52)45(78)79)109-49-17(57-10(3)61)33(20(64)14(104-49)7-100-120(89,90)91)106-51-26(70)23(67)34(40(113-51)44(76)77)108-48-16(56-9(2)60)32(19(63)13(103-48)6-99-119(86,87)88)105-50-25(69)21(65)22(66)38(112-50)43(74)75/h11-21,23-37,39-42,47-54,58,62-73,82H,4-7H2,1-3H3,(H,55,59)(H,56,60)(H,57,61)(H,74,75)(H,76,77)(H,78,79)(H,80,81)(H,83,84,85)(H,86,87,88)(H,89,90,91)(H,92,93,94)(H,95,96,97). The fraction of sp³-hybridized carbons (Fsp3) is 0.833. The highest BCUT2D eigenvalue weighted by atomic mass is 32.3. The second kappa shape index (κ2) is 40.5. The molecule has 702 valence electrons. The molecule has 68 heteroatoms. The van der Waals surface area contributed by atoms with Crippen LogP contribution in [0.1, 0.15) is 20.8 Å². The van der Waals surface area contributed by atoms with Crippen LogP contribution in [0.3, 0.4) is 0 Å². The highest BCUT2D eigenvalue weighted by Crippen LogP contribution is 2.41. The van der Waals surface area contributed by atoms with Gasteiger partial charge in [0, 0.05) is 20.8 Å². The molecule has 3 amide bonds. The van der Waals surface area contributed by atoms with Crippen molar-refractivity contribution >= 4 is 93.6 Å². The van der Waals surface area contributed by atoms with Gasteiger partial charge in [0.05, 0.1) is 26.4 Å². The molecule has 0 aromatic rings. The van der Waals surface area contributed by atoms with Gasteiger partial charge >= 0.3 is 75.9 Å². The van der Waals surface area contributed by atoms with E-state index in [1.807, 2.05) is 10.6 Å². The largest absolute Gasteiger partial charge is 0.506 e. The number of hydrogen-bond donors (Lipinski definition) is 26. The van der Waals surface area contributed by atoms with Gasteiger partial charge in [-0.1, -0.05) is 0 Å². The summed E-state index contributed by atoms with van der Waals surface area (Å²) in [7, 11) is -28.7. The van der Waals surface area contributed by atoms with Crippen LogP contribution in [0.4, 0.5) is 0 Å². The molecule has 26 N–H and O–H groups in total. The monoisotopic (exact) mass is 1890 g/mol. The van der Waals surface area contributed by atoms with Gasteiger partial charge in [-0.2, -0.15) is 42.1 Å². The fourth-order valence-corrected chi connectivity index (χ4v) is 15.2. The molecule has 0 spiro atoms. The predicted molar refractivity (Wildman–Crippen MR) is 353 cm³/mol. The first-order valence-electron chi connectivity index (χ1n) is 34.2. The molecule has 38 atom stereocenters. The lowest BCUT2D eigenvalue weighted by molar-refractivity contribution is -0.386. The molecular weight excluding hydrogens is 1810 g/mol. The van der Waals surface area contributed by atoms with Crippen molar-refractivity contribution < 1.29 is 282 Å². The van der Waals surface area contributed by atoms with E-state index in [1.165, 1.54) is 0 Å². The molecule has 7 saturated heterocycles. The van der Waals surface area contributed by atoms with Crippen LogP contribution in [0.25, 0.3) is 0 Å². The van der Waals surface area contributed by atoms with E-state index in [0.29, 0.717) is 6.92 Å². The van der Waals surface area contributed by atoms with E-state index >= 15 is 0 Å². The molecule has 8 heterocycles. The summed E-state index contributed by atoms with van der Waals surface area (Å²) >= 11 is 0. The van der Waals surface area contributed by atoms with E-state index in [-0.39, 0.29) is 0 Å². The van der Waals surface area contributed by atoms with Gasteiger partial charge < -0.3 is 179 Å². The van der Waals surface area contributed by atoms with E-state index in [9.17, 15) is 186 Å². The molecule has 38 unspecified atom stereocenters. The molecule has 0 aliphatic carbocycles. The fourth-order valence-electron chi connectivity index (χ4n) is 13.3. The molecule has 8 rings (SSSR count). The Morgan fingerprint density at radius 3 is 1.03 bits per heavy atom. The lowest BCUT2D eigenvalue weighted by atomic mass is 9.93. The number of rotatable bonds is 35. The van der Waals surface area contributed by atoms with Crippen molar-refractivity contribution in [1.82, 2.24) is 16.0 Å². The number of carbonyl (C=O) groups is 7. The third-order valence-corrected chi connectivity index (χ3v) is 20.7. The van der Waals surface area contributed by atoms with E-state index < -0.39 is 365 Å². The Labute approximate surface area is 681 Å². The van der Waals surface area contributed by atoms with Crippen LogP contribution in [-0.4, -0.2) is 458 Å². The van der Waals surface area contributed by atoms with Gasteiger partial charge in [-0.3, -0.25) is 37.1 Å². The normalized spacial score (nSPS) is 41.4. The van der Waals surface area contributed by atoms with Crippen molar-refractivity contribution in [2.45, 2.75) is 254 Å². The summed E-state index contributed by atoms with van der Waals surface area (Å²) in [4.78, 5) is 89.8. The number of carbonyl (C=O) groups excluding carboxylic acids is 3. The average molecular weight is 1890 g/mol. The van der Waals surface area contributed by atoms with Crippen LogP contribution in [-0.2, 0) is 178 Å². The number of aliphatic hydroxyl groups excluding tert-OH is 14. The number of carboxylic acids is 4. The van der Waals surface area contributed by atoms with Crippen molar-refractivity contribution in [2.75, 3.05) is 26.4 Å². The van der Waals surface area contributed by atoms with E-state index in [4.69, 9.17) is 75.6 Å². The summed E-state index contributed by atoms with van der Waals surface area (Å²) in [5.41, 5.74) is 0. The topological polar surface area (TPSA) is 976 Å². The van der Waals surface area contributed by atoms with Gasteiger partial charge in [-0.25, -0.2) is 40.1 Å². The SMILES string of the molecule is CC(=O)NC1C(O)OC(COS(=O)(=O)O)C(O)C1OC1OC(C(=O)O)C(OC2OC(CO)C(OS(=O)(=O)O)C(OC3OC(C(=O)O)C(OC4OC(COS(=O)(=O)O)C(O)C(OC5OC(C(=O)O)C(OC6OC(COS(=O)(=O)O)C(O)C(OC7OC(C(=O)O)=C(O)C(O)C7O)C6NC(C)=O)C(O)C5O)C4NC(C)=O)C(O)C3O)C2O)C(O)C1OS(=O)(=O)O. The quantitative estimate of drug-likeness (QED) is 0.0262. The van der Waals surface area contributed by atoms with Crippen LogP contribution in [0.2, 0.25) is 0 Å². The zero-order valence-electron chi connectivity index (χ0n) is 61.2. The van der Waals surface area contributed by atoms with Crippen LogP contribution >= 0.6 is 0 Å². The highest BCUT2D eigenvalue weighted by Gasteiger charge is 2.63. The van der Waals surface area contributed by atoms with E-state index in [2.05, 4.69) is 26.2 Å². The first kappa shape index (κ1) is 101. The van der Waals surface area contributed by atoms with Gasteiger partial charge in [0.1, 0.15) is 159 Å². The minimum Gasteiger partial charge on any atom is -0.506 e. The molecule has 0 bridgehead atoms. The van der Waals surface area contributed by atoms with Gasteiger partial charge in [-0.05, 0) is 0 Å². The van der Waals surface area contributed by atoms with Crippen LogP contribution in [0, 0.1) is 0 Å². The van der Waals surface area contributed by atoms with Crippen molar-refractivity contribution in [3.05, 3.63) is 11.5 Å². The summed E-state index contributed by atoms with van der Waals surface area (Å²) in [6, 6.07) is -6.90. The first-order chi connectivity index (χ1) is 56.2. The summed E-state index contributed by atoms with van der Waals surface area (Å²) in [5, 5.41) is 206. The molecule has 0 saturated carbocycles. The third-order valence-electron chi connectivity index (χ3n) is 18.5. The molecule has 63 nitrogen and oxygen atoms in total. The maximum atomic E-state index is 13.4. The van der Waals surface area contributed by atoms with Crippen molar-refractivity contribution in [1.29, 1.82) is 0 Å². The molecule has 122 heavy (non-hydrogen) atoms.